The third kappa shape index (κ3) is 1.62. The van der Waals surface area contributed by atoms with Gasteiger partial charge >= 0.3 is 0 Å². The highest BCUT2D eigenvalue weighted by Gasteiger charge is 2.41. The predicted octanol–water partition coefficient (Wildman–Crippen LogP) is 1.45. The Kier molecular flexibility index (Phi) is 2.96. The van der Waals surface area contributed by atoms with Crippen molar-refractivity contribution in [3.8, 4) is 11.8 Å². The van der Waals surface area contributed by atoms with Crippen LogP contribution in [0.2, 0.25) is 0 Å². The molecular formula is C15H15N3O2. The summed E-state index contributed by atoms with van der Waals surface area (Å²) in [5, 5.41) is 19.0. The largest absolute Gasteiger partial charge is 0.496 e. The second-order valence-corrected chi connectivity index (χ2v) is 4.97. The second kappa shape index (κ2) is 4.66. The summed E-state index contributed by atoms with van der Waals surface area (Å²) in [7, 11) is 1.58. The topological polar surface area (TPSA) is 71.1 Å². The molecule has 0 fully saturated rings. The number of hydrogen-bond acceptors (Lipinski definition) is 4. The summed E-state index contributed by atoms with van der Waals surface area (Å²) in [6.07, 6.45) is 5.23. The number of methoxy groups -OCH3 is 1. The quantitative estimate of drug-likeness (QED) is 0.915. The van der Waals surface area contributed by atoms with Crippen molar-refractivity contribution in [1.82, 2.24) is 9.55 Å². The number of aromatic nitrogens is 2. The standard InChI is InChI=1S/C15H15N3O2/c1-20-14-6-11(7-16)2-3-13(14)15(9-19)5-4-12-8-17-10-18(12)15/h2-3,6,8,10,19H,4-5,9H2,1H3. The van der Waals surface area contributed by atoms with Crippen molar-refractivity contribution >= 4 is 0 Å². The van der Waals surface area contributed by atoms with E-state index in [1.165, 1.54) is 0 Å². The lowest BCUT2D eigenvalue weighted by Gasteiger charge is -2.31. The molecule has 2 aromatic rings. The molecule has 0 spiro atoms. The van der Waals surface area contributed by atoms with Gasteiger partial charge in [-0.15, -0.1) is 0 Å². The average molecular weight is 269 g/mol. The van der Waals surface area contributed by atoms with Gasteiger partial charge in [0.25, 0.3) is 0 Å². The Morgan fingerprint density at radius 1 is 1.55 bits per heavy atom. The van der Waals surface area contributed by atoms with Gasteiger partial charge in [0.15, 0.2) is 0 Å². The molecule has 0 amide bonds. The molecule has 3 rings (SSSR count). The van der Waals surface area contributed by atoms with Crippen LogP contribution in [0.1, 0.15) is 23.2 Å². The summed E-state index contributed by atoms with van der Waals surface area (Å²) in [4.78, 5) is 4.16. The third-order valence-corrected chi connectivity index (χ3v) is 4.06. The maximum absolute atomic E-state index is 10.0. The number of hydrogen-bond donors (Lipinski definition) is 1. The van der Waals surface area contributed by atoms with Crippen LogP contribution >= 0.6 is 0 Å². The molecule has 0 saturated heterocycles. The van der Waals surface area contributed by atoms with Crippen molar-refractivity contribution in [2.75, 3.05) is 13.7 Å². The van der Waals surface area contributed by atoms with Crippen LogP contribution in [0, 0.1) is 11.3 Å². The fourth-order valence-corrected chi connectivity index (χ4v) is 3.00. The minimum absolute atomic E-state index is 0.0291. The number of aliphatic hydroxyl groups is 1. The van der Waals surface area contributed by atoms with E-state index in [0.717, 1.165) is 24.1 Å². The molecule has 0 radical (unpaired) electrons. The Morgan fingerprint density at radius 3 is 3.10 bits per heavy atom. The van der Waals surface area contributed by atoms with Crippen molar-refractivity contribution in [3.05, 3.63) is 47.5 Å². The molecular weight excluding hydrogens is 254 g/mol. The Labute approximate surface area is 117 Å². The van der Waals surface area contributed by atoms with Crippen LogP contribution in [0.4, 0.5) is 0 Å². The lowest BCUT2D eigenvalue weighted by Crippen LogP contribution is -2.35. The first-order chi connectivity index (χ1) is 9.75. The number of fused-ring (bicyclic) bond motifs is 1. The molecule has 1 aliphatic heterocycles. The number of imidazole rings is 1. The van der Waals surface area contributed by atoms with Gasteiger partial charge in [-0.3, -0.25) is 0 Å². The van der Waals surface area contributed by atoms with E-state index >= 15 is 0 Å². The molecule has 20 heavy (non-hydrogen) atoms. The van der Waals surface area contributed by atoms with Gasteiger partial charge in [-0.2, -0.15) is 5.26 Å². The first-order valence-corrected chi connectivity index (χ1v) is 6.46. The molecule has 1 aromatic carbocycles. The Hall–Kier alpha value is -2.32. The van der Waals surface area contributed by atoms with Crippen LogP contribution in [0.5, 0.6) is 5.75 Å². The monoisotopic (exact) mass is 269 g/mol. The molecule has 102 valence electrons. The Morgan fingerprint density at radius 2 is 2.40 bits per heavy atom. The summed E-state index contributed by atoms with van der Waals surface area (Å²) in [6.45, 7) is -0.0291. The number of ether oxygens (including phenoxy) is 1. The van der Waals surface area contributed by atoms with Gasteiger partial charge in [-0.1, -0.05) is 6.07 Å². The van der Waals surface area contributed by atoms with Gasteiger partial charge in [0, 0.05) is 17.5 Å². The van der Waals surface area contributed by atoms with Crippen molar-refractivity contribution in [1.29, 1.82) is 5.26 Å². The summed E-state index contributed by atoms with van der Waals surface area (Å²) in [5.74, 6) is 0.625. The fourth-order valence-electron chi connectivity index (χ4n) is 3.00. The minimum atomic E-state index is -0.550. The molecule has 0 bridgehead atoms. The van der Waals surface area contributed by atoms with Crippen molar-refractivity contribution in [2.45, 2.75) is 18.4 Å². The number of aryl methyl sites for hydroxylation is 1. The van der Waals surface area contributed by atoms with Crippen LogP contribution in [-0.2, 0) is 12.0 Å². The molecule has 1 N–H and O–H groups in total. The first kappa shape index (κ1) is 12.7. The lowest BCUT2D eigenvalue weighted by molar-refractivity contribution is 0.169. The Bertz CT molecular complexity index is 687. The van der Waals surface area contributed by atoms with E-state index < -0.39 is 5.54 Å². The van der Waals surface area contributed by atoms with Gasteiger partial charge in [-0.05, 0) is 25.0 Å². The van der Waals surface area contributed by atoms with Crippen molar-refractivity contribution in [2.24, 2.45) is 0 Å². The molecule has 0 aliphatic carbocycles. The van der Waals surface area contributed by atoms with Crippen LogP contribution in [-0.4, -0.2) is 28.4 Å². The minimum Gasteiger partial charge on any atom is -0.496 e. The number of nitrogens with zero attached hydrogens (tertiary/aromatic N) is 3. The van der Waals surface area contributed by atoms with E-state index in [1.54, 1.807) is 25.6 Å². The number of nitriles is 1. The maximum Gasteiger partial charge on any atom is 0.125 e. The molecule has 5 heteroatoms. The third-order valence-electron chi connectivity index (χ3n) is 4.06. The van der Waals surface area contributed by atoms with E-state index in [2.05, 4.69) is 11.1 Å². The van der Waals surface area contributed by atoms with E-state index in [-0.39, 0.29) is 6.61 Å². The maximum atomic E-state index is 10.0. The molecule has 1 unspecified atom stereocenters. The van der Waals surface area contributed by atoms with Crippen molar-refractivity contribution in [3.63, 3.8) is 0 Å². The first-order valence-electron chi connectivity index (χ1n) is 6.46. The Balaban J connectivity index is 2.19. The zero-order valence-corrected chi connectivity index (χ0v) is 11.2. The number of aliphatic hydroxyl groups excluding tert-OH is 1. The van der Waals surface area contributed by atoms with Gasteiger partial charge in [0.05, 0.1) is 37.2 Å². The zero-order chi connectivity index (χ0) is 14.2. The molecule has 2 heterocycles. The van der Waals surface area contributed by atoms with E-state index in [4.69, 9.17) is 10.00 Å². The normalized spacial score (nSPS) is 20.4. The second-order valence-electron chi connectivity index (χ2n) is 4.97. The van der Waals surface area contributed by atoms with Gasteiger partial charge < -0.3 is 14.4 Å². The SMILES string of the molecule is COc1cc(C#N)ccc1C1(CO)CCc2cncn21. The number of rotatable bonds is 3. The predicted molar refractivity (Wildman–Crippen MR) is 72.4 cm³/mol. The smallest absolute Gasteiger partial charge is 0.125 e. The number of benzene rings is 1. The van der Waals surface area contributed by atoms with Gasteiger partial charge in [-0.25, -0.2) is 4.98 Å². The highest BCUT2D eigenvalue weighted by atomic mass is 16.5. The molecule has 1 aromatic heterocycles. The molecule has 1 atom stereocenters. The summed E-state index contributed by atoms with van der Waals surface area (Å²) >= 11 is 0. The molecule has 1 aliphatic rings. The van der Waals surface area contributed by atoms with Crippen LogP contribution in [0.15, 0.2) is 30.7 Å². The van der Waals surface area contributed by atoms with E-state index in [9.17, 15) is 5.11 Å². The highest BCUT2D eigenvalue weighted by molar-refractivity contribution is 5.47. The summed E-state index contributed by atoms with van der Waals surface area (Å²) in [5.41, 5.74) is 1.98. The molecule has 5 nitrogen and oxygen atoms in total. The van der Waals surface area contributed by atoms with E-state index in [0.29, 0.717) is 11.3 Å². The van der Waals surface area contributed by atoms with Crippen LogP contribution < -0.4 is 4.74 Å². The van der Waals surface area contributed by atoms with Gasteiger partial charge in [0.1, 0.15) is 5.75 Å². The lowest BCUT2D eigenvalue weighted by atomic mass is 9.87. The van der Waals surface area contributed by atoms with E-state index in [1.807, 2.05) is 16.8 Å². The van der Waals surface area contributed by atoms with Crippen LogP contribution in [0.3, 0.4) is 0 Å². The van der Waals surface area contributed by atoms with Gasteiger partial charge in [0.2, 0.25) is 0 Å². The highest BCUT2D eigenvalue weighted by Crippen LogP contribution is 2.42. The summed E-state index contributed by atoms with van der Waals surface area (Å²) in [6, 6.07) is 7.43. The van der Waals surface area contributed by atoms with Crippen LogP contribution in [0.25, 0.3) is 0 Å². The fraction of sp³-hybridized carbons (Fsp3) is 0.333. The zero-order valence-electron chi connectivity index (χ0n) is 11.2. The summed E-state index contributed by atoms with van der Waals surface area (Å²) < 4.78 is 7.43. The average Bonchev–Trinajstić information content (AvgIpc) is 3.09. The molecule has 0 saturated carbocycles. The van der Waals surface area contributed by atoms with Crippen molar-refractivity contribution < 1.29 is 9.84 Å².